The third kappa shape index (κ3) is 1.81. The molecule has 0 aliphatic carbocycles. The number of pyridine rings is 1. The van der Waals surface area contributed by atoms with Crippen molar-refractivity contribution in [1.29, 1.82) is 5.26 Å². The Kier molecular flexibility index (Phi) is 2.37. The molecule has 1 aromatic rings. The highest BCUT2D eigenvalue weighted by atomic mass is 16.5. The zero-order valence-electron chi connectivity index (χ0n) is 9.39. The number of nitrogen functional groups attached to an aromatic ring is 1. The molecule has 2 bridgehead atoms. The van der Waals surface area contributed by atoms with E-state index >= 15 is 0 Å². The van der Waals surface area contributed by atoms with Crippen LogP contribution < -0.4 is 11.1 Å². The van der Waals surface area contributed by atoms with Gasteiger partial charge in [-0.2, -0.15) is 5.26 Å². The van der Waals surface area contributed by atoms with E-state index in [9.17, 15) is 0 Å². The normalized spacial score (nSPS) is 30.2. The molecule has 0 amide bonds. The topological polar surface area (TPSA) is 84.0 Å². The summed E-state index contributed by atoms with van der Waals surface area (Å²) in [5, 5.41) is 12.3. The molecule has 0 radical (unpaired) electrons. The summed E-state index contributed by atoms with van der Waals surface area (Å²) >= 11 is 0. The molecule has 2 saturated heterocycles. The molecular weight excluding hydrogens is 216 g/mol. The highest BCUT2D eigenvalue weighted by molar-refractivity contribution is 5.57. The first-order chi connectivity index (χ1) is 8.26. The lowest BCUT2D eigenvalue weighted by molar-refractivity contribution is 0.102. The van der Waals surface area contributed by atoms with Crippen LogP contribution in [0.15, 0.2) is 12.3 Å². The number of nitrogens with two attached hydrogens (primary N) is 1. The number of fused-ring (bicyclic) bond motifs is 2. The molecule has 3 heterocycles. The van der Waals surface area contributed by atoms with Gasteiger partial charge in [-0.1, -0.05) is 0 Å². The molecule has 3 atom stereocenters. The molecule has 5 heteroatoms. The summed E-state index contributed by atoms with van der Waals surface area (Å²) in [5.74, 6) is 0.614. The van der Waals surface area contributed by atoms with Crippen LogP contribution in [-0.4, -0.2) is 23.2 Å². The predicted molar refractivity (Wildman–Crippen MR) is 63.3 cm³/mol. The van der Waals surface area contributed by atoms with Gasteiger partial charge in [0.2, 0.25) is 0 Å². The average Bonchev–Trinajstić information content (AvgIpc) is 2.93. The van der Waals surface area contributed by atoms with Gasteiger partial charge in [-0.05, 0) is 25.3 Å². The lowest BCUT2D eigenvalue weighted by atomic mass is 9.95. The van der Waals surface area contributed by atoms with Gasteiger partial charge in [-0.3, -0.25) is 0 Å². The SMILES string of the molecule is N#Cc1cc(N)cnc1NC1CC2CCC1O2. The number of aromatic nitrogens is 1. The fourth-order valence-corrected chi connectivity index (χ4v) is 2.65. The molecule has 0 saturated carbocycles. The maximum atomic E-state index is 9.03. The third-order valence-corrected chi connectivity index (χ3v) is 3.46. The molecule has 88 valence electrons. The van der Waals surface area contributed by atoms with E-state index in [1.54, 1.807) is 12.3 Å². The summed E-state index contributed by atoms with van der Waals surface area (Å²) in [6, 6.07) is 4.03. The lowest BCUT2D eigenvalue weighted by Gasteiger charge is -2.21. The van der Waals surface area contributed by atoms with Gasteiger partial charge in [0, 0.05) is 0 Å². The Morgan fingerprint density at radius 3 is 3.06 bits per heavy atom. The Bertz CT molecular complexity index is 482. The molecule has 3 rings (SSSR count). The highest BCUT2D eigenvalue weighted by Gasteiger charge is 2.41. The number of nitrogens with zero attached hydrogens (tertiary/aromatic N) is 2. The van der Waals surface area contributed by atoms with E-state index in [2.05, 4.69) is 16.4 Å². The maximum absolute atomic E-state index is 9.03. The number of nitrogens with one attached hydrogen (secondary N) is 1. The number of rotatable bonds is 2. The van der Waals surface area contributed by atoms with E-state index in [1.807, 2.05) is 0 Å². The lowest BCUT2D eigenvalue weighted by Crippen LogP contribution is -2.31. The Hall–Kier alpha value is -1.80. The minimum absolute atomic E-state index is 0.269. The zero-order valence-corrected chi connectivity index (χ0v) is 9.39. The first kappa shape index (κ1) is 10.4. The van der Waals surface area contributed by atoms with Crippen LogP contribution in [0.5, 0.6) is 0 Å². The van der Waals surface area contributed by atoms with Crippen molar-refractivity contribution >= 4 is 11.5 Å². The van der Waals surface area contributed by atoms with Crippen molar-refractivity contribution in [2.24, 2.45) is 0 Å². The van der Waals surface area contributed by atoms with Crippen LogP contribution in [0, 0.1) is 11.3 Å². The van der Waals surface area contributed by atoms with E-state index in [4.69, 9.17) is 15.7 Å². The molecule has 5 nitrogen and oxygen atoms in total. The second-order valence-electron chi connectivity index (χ2n) is 4.64. The van der Waals surface area contributed by atoms with Crippen molar-refractivity contribution in [1.82, 2.24) is 4.98 Å². The van der Waals surface area contributed by atoms with E-state index in [0.717, 1.165) is 19.3 Å². The van der Waals surface area contributed by atoms with Gasteiger partial charge >= 0.3 is 0 Å². The molecule has 1 aromatic heterocycles. The minimum Gasteiger partial charge on any atom is -0.397 e. The average molecular weight is 230 g/mol. The largest absolute Gasteiger partial charge is 0.397 e. The number of hydrogen-bond donors (Lipinski definition) is 2. The van der Waals surface area contributed by atoms with Crippen LogP contribution in [0.4, 0.5) is 11.5 Å². The highest BCUT2D eigenvalue weighted by Crippen LogP contribution is 2.36. The van der Waals surface area contributed by atoms with E-state index in [0.29, 0.717) is 23.2 Å². The van der Waals surface area contributed by atoms with Gasteiger partial charge in [0.25, 0.3) is 0 Å². The predicted octanol–water partition coefficient (Wildman–Crippen LogP) is 1.27. The number of nitriles is 1. The number of anilines is 2. The molecule has 2 fully saturated rings. The van der Waals surface area contributed by atoms with Crippen LogP contribution in [0.2, 0.25) is 0 Å². The van der Waals surface area contributed by atoms with Gasteiger partial charge in [0.05, 0.1) is 35.7 Å². The van der Waals surface area contributed by atoms with Crippen LogP contribution in [0.25, 0.3) is 0 Å². The van der Waals surface area contributed by atoms with Crippen molar-refractivity contribution in [2.75, 3.05) is 11.1 Å². The maximum Gasteiger partial charge on any atom is 0.144 e. The quantitative estimate of drug-likeness (QED) is 0.799. The second-order valence-corrected chi connectivity index (χ2v) is 4.64. The molecule has 3 N–H and O–H groups in total. The van der Waals surface area contributed by atoms with E-state index in [-0.39, 0.29) is 12.1 Å². The van der Waals surface area contributed by atoms with Crippen molar-refractivity contribution in [3.8, 4) is 6.07 Å². The minimum atomic E-state index is 0.269. The van der Waals surface area contributed by atoms with Crippen molar-refractivity contribution in [3.05, 3.63) is 17.8 Å². The summed E-state index contributed by atoms with van der Waals surface area (Å²) in [6.07, 6.45) is 5.48. The van der Waals surface area contributed by atoms with Crippen molar-refractivity contribution in [2.45, 2.75) is 37.5 Å². The summed E-state index contributed by atoms with van der Waals surface area (Å²) in [4.78, 5) is 4.18. The van der Waals surface area contributed by atoms with Gasteiger partial charge in [0.15, 0.2) is 0 Å². The summed E-state index contributed by atoms with van der Waals surface area (Å²) < 4.78 is 5.76. The Balaban J connectivity index is 1.79. The molecule has 2 aliphatic heterocycles. The van der Waals surface area contributed by atoms with Gasteiger partial charge < -0.3 is 15.8 Å². The van der Waals surface area contributed by atoms with Crippen LogP contribution >= 0.6 is 0 Å². The molecule has 17 heavy (non-hydrogen) atoms. The summed E-state index contributed by atoms with van der Waals surface area (Å²) in [6.45, 7) is 0. The monoisotopic (exact) mass is 230 g/mol. The van der Waals surface area contributed by atoms with Gasteiger partial charge in [-0.15, -0.1) is 0 Å². The fourth-order valence-electron chi connectivity index (χ4n) is 2.65. The summed E-state index contributed by atoms with van der Waals surface area (Å²) in [5.41, 5.74) is 6.61. The molecular formula is C12H14N4O. The molecule has 2 aliphatic rings. The zero-order chi connectivity index (χ0) is 11.8. The van der Waals surface area contributed by atoms with Crippen molar-refractivity contribution < 1.29 is 4.74 Å². The third-order valence-electron chi connectivity index (χ3n) is 3.46. The molecule has 0 aromatic carbocycles. The number of hydrogen-bond acceptors (Lipinski definition) is 5. The van der Waals surface area contributed by atoms with Gasteiger partial charge in [0.1, 0.15) is 11.9 Å². The van der Waals surface area contributed by atoms with E-state index < -0.39 is 0 Å². The van der Waals surface area contributed by atoms with Crippen LogP contribution in [0.1, 0.15) is 24.8 Å². The summed E-state index contributed by atoms with van der Waals surface area (Å²) in [7, 11) is 0. The smallest absolute Gasteiger partial charge is 0.144 e. The van der Waals surface area contributed by atoms with Crippen molar-refractivity contribution in [3.63, 3.8) is 0 Å². The van der Waals surface area contributed by atoms with Gasteiger partial charge in [-0.25, -0.2) is 4.98 Å². The van der Waals surface area contributed by atoms with Crippen LogP contribution in [-0.2, 0) is 4.74 Å². The second kappa shape index (κ2) is 3.90. The van der Waals surface area contributed by atoms with Crippen LogP contribution in [0.3, 0.4) is 0 Å². The van der Waals surface area contributed by atoms with E-state index in [1.165, 1.54) is 0 Å². The molecule has 3 unspecified atom stereocenters. The Morgan fingerprint density at radius 2 is 2.41 bits per heavy atom. The first-order valence-electron chi connectivity index (χ1n) is 5.84. The standard InChI is InChI=1S/C12H14N4O/c13-5-7-3-8(14)6-15-12(7)16-10-4-9-1-2-11(10)17-9/h3,6,9-11H,1-2,4,14H2,(H,15,16). The number of ether oxygens (including phenoxy) is 1. The molecule has 0 spiro atoms. The Morgan fingerprint density at radius 1 is 1.53 bits per heavy atom. The Labute approximate surface area is 99.6 Å². The first-order valence-corrected chi connectivity index (χ1v) is 5.84. The fraction of sp³-hybridized carbons (Fsp3) is 0.500.